The number of nitrogens with zero attached hydrogens (tertiary/aromatic N) is 1. The molecule has 0 unspecified atom stereocenters. The Morgan fingerprint density at radius 3 is 2.41 bits per heavy atom. The number of hydrogen-bond acceptors (Lipinski definition) is 5. The highest BCUT2D eigenvalue weighted by atomic mass is 19.1. The number of halogens is 1. The number of anilines is 1. The number of carbonyl (C=O) groups excluding carboxylic acids is 2. The van der Waals surface area contributed by atoms with Gasteiger partial charge in [-0.2, -0.15) is 0 Å². The topological polar surface area (TPSA) is 67.9 Å². The van der Waals surface area contributed by atoms with Crippen molar-refractivity contribution in [2.24, 2.45) is 0 Å². The van der Waals surface area contributed by atoms with Crippen LogP contribution in [0.3, 0.4) is 0 Å². The van der Waals surface area contributed by atoms with Crippen LogP contribution in [0.25, 0.3) is 5.57 Å². The molecule has 152 valence electrons. The first kappa shape index (κ1) is 20.5. The summed E-state index contributed by atoms with van der Waals surface area (Å²) < 4.78 is 24.2. The molecular weight excluding hydrogens is 375 g/mol. The number of carbonyl (C=O) groups is 2. The number of methoxy groups -OCH3 is 1. The lowest BCUT2D eigenvalue weighted by Gasteiger charge is -2.14. The van der Waals surface area contributed by atoms with Gasteiger partial charge in [0.05, 0.1) is 24.8 Å². The third-order valence-electron chi connectivity index (χ3n) is 4.30. The zero-order chi connectivity index (χ0) is 21.0. The lowest BCUT2D eigenvalue weighted by molar-refractivity contribution is -0.137. The van der Waals surface area contributed by atoms with E-state index in [-0.39, 0.29) is 30.5 Å². The Bertz CT molecular complexity index is 938. The monoisotopic (exact) mass is 398 g/mol. The first-order valence-electron chi connectivity index (χ1n) is 9.29. The molecule has 1 aliphatic rings. The van der Waals surface area contributed by atoms with E-state index in [0.717, 1.165) is 4.90 Å². The van der Waals surface area contributed by atoms with Crippen LogP contribution in [0.5, 0.6) is 5.75 Å². The van der Waals surface area contributed by atoms with Gasteiger partial charge in [0.25, 0.3) is 11.8 Å². The molecule has 0 aromatic heterocycles. The van der Waals surface area contributed by atoms with Crippen molar-refractivity contribution in [3.63, 3.8) is 0 Å². The van der Waals surface area contributed by atoms with Crippen LogP contribution in [0, 0.1) is 5.82 Å². The summed E-state index contributed by atoms with van der Waals surface area (Å²) in [5, 5.41) is 2.92. The van der Waals surface area contributed by atoms with Gasteiger partial charge in [-0.1, -0.05) is 18.2 Å². The molecule has 0 fully saturated rings. The Balaban J connectivity index is 1.99. The van der Waals surface area contributed by atoms with E-state index < -0.39 is 17.6 Å². The SMILES string of the molecule is COCCN1C(=O)C(Nc2cccc(F)c2)=C(c2ccc(OC(C)C)cc2)C1=O. The highest BCUT2D eigenvalue weighted by molar-refractivity contribution is 6.36. The van der Waals surface area contributed by atoms with Crippen molar-refractivity contribution in [3.05, 3.63) is 65.6 Å². The summed E-state index contributed by atoms with van der Waals surface area (Å²) in [5.74, 6) is -0.686. The molecule has 0 bridgehead atoms. The van der Waals surface area contributed by atoms with Crippen molar-refractivity contribution in [3.8, 4) is 5.75 Å². The first-order chi connectivity index (χ1) is 13.9. The predicted molar refractivity (Wildman–Crippen MR) is 108 cm³/mol. The van der Waals surface area contributed by atoms with Gasteiger partial charge in [-0.25, -0.2) is 4.39 Å². The maximum absolute atomic E-state index is 13.6. The molecule has 1 heterocycles. The Kier molecular flexibility index (Phi) is 6.29. The highest BCUT2D eigenvalue weighted by Gasteiger charge is 2.39. The van der Waals surface area contributed by atoms with Crippen molar-refractivity contribution in [1.82, 2.24) is 4.90 Å². The van der Waals surface area contributed by atoms with Gasteiger partial charge in [0.2, 0.25) is 0 Å². The fraction of sp³-hybridized carbons (Fsp3) is 0.273. The summed E-state index contributed by atoms with van der Waals surface area (Å²) in [5.41, 5.74) is 1.28. The molecule has 0 saturated heterocycles. The molecule has 3 rings (SSSR count). The van der Waals surface area contributed by atoms with Gasteiger partial charge < -0.3 is 14.8 Å². The van der Waals surface area contributed by atoms with E-state index in [1.807, 2.05) is 13.8 Å². The minimum atomic E-state index is -0.478. The lowest BCUT2D eigenvalue weighted by Crippen LogP contribution is -2.35. The number of ether oxygens (including phenoxy) is 2. The van der Waals surface area contributed by atoms with Gasteiger partial charge in [-0.05, 0) is 49.7 Å². The minimum Gasteiger partial charge on any atom is -0.491 e. The Hall–Kier alpha value is -3.19. The molecule has 1 aliphatic heterocycles. The molecule has 0 aliphatic carbocycles. The van der Waals surface area contributed by atoms with E-state index in [2.05, 4.69) is 5.32 Å². The van der Waals surface area contributed by atoms with Crippen LogP contribution in [0.2, 0.25) is 0 Å². The predicted octanol–water partition coefficient (Wildman–Crippen LogP) is 3.45. The van der Waals surface area contributed by atoms with E-state index in [4.69, 9.17) is 9.47 Å². The van der Waals surface area contributed by atoms with E-state index >= 15 is 0 Å². The second-order valence-electron chi connectivity index (χ2n) is 6.83. The minimum absolute atomic E-state index is 0.0181. The molecule has 0 spiro atoms. The van der Waals surface area contributed by atoms with E-state index in [1.165, 1.54) is 25.3 Å². The van der Waals surface area contributed by atoms with Crippen LogP contribution >= 0.6 is 0 Å². The fourth-order valence-electron chi connectivity index (χ4n) is 3.03. The molecule has 6 nitrogen and oxygen atoms in total. The van der Waals surface area contributed by atoms with Crippen molar-refractivity contribution >= 4 is 23.1 Å². The zero-order valence-corrected chi connectivity index (χ0v) is 16.6. The molecule has 2 aromatic rings. The Morgan fingerprint density at radius 2 is 1.79 bits per heavy atom. The summed E-state index contributed by atoms with van der Waals surface area (Å²) in [6, 6.07) is 12.7. The normalized spacial score (nSPS) is 14.2. The van der Waals surface area contributed by atoms with E-state index in [0.29, 0.717) is 17.0 Å². The van der Waals surface area contributed by atoms with Gasteiger partial charge >= 0.3 is 0 Å². The molecule has 2 amide bonds. The fourth-order valence-corrected chi connectivity index (χ4v) is 3.03. The van der Waals surface area contributed by atoms with Crippen molar-refractivity contribution in [2.75, 3.05) is 25.6 Å². The number of nitrogens with one attached hydrogen (secondary N) is 1. The average molecular weight is 398 g/mol. The quantitative estimate of drug-likeness (QED) is 0.690. The molecule has 2 aromatic carbocycles. The number of rotatable bonds is 8. The summed E-state index contributed by atoms with van der Waals surface area (Å²) in [6.45, 7) is 4.19. The van der Waals surface area contributed by atoms with Crippen molar-refractivity contribution in [2.45, 2.75) is 20.0 Å². The smallest absolute Gasteiger partial charge is 0.278 e. The molecule has 1 N–H and O–H groups in total. The zero-order valence-electron chi connectivity index (χ0n) is 16.6. The second-order valence-corrected chi connectivity index (χ2v) is 6.83. The summed E-state index contributed by atoms with van der Waals surface area (Å²) in [7, 11) is 1.50. The van der Waals surface area contributed by atoms with Crippen molar-refractivity contribution < 1.29 is 23.5 Å². The first-order valence-corrected chi connectivity index (χ1v) is 9.29. The van der Waals surface area contributed by atoms with E-state index in [9.17, 15) is 14.0 Å². The van der Waals surface area contributed by atoms with E-state index in [1.54, 1.807) is 30.3 Å². The summed E-state index contributed by atoms with van der Waals surface area (Å²) in [6.07, 6.45) is 0.0181. The highest BCUT2D eigenvalue weighted by Crippen LogP contribution is 2.31. The van der Waals surface area contributed by atoms with Crippen LogP contribution in [0.4, 0.5) is 10.1 Å². The van der Waals surface area contributed by atoms with Crippen LogP contribution < -0.4 is 10.1 Å². The number of hydrogen-bond donors (Lipinski definition) is 1. The Labute approximate surface area is 168 Å². The molecule has 7 heteroatoms. The molecule has 0 atom stereocenters. The maximum Gasteiger partial charge on any atom is 0.278 e. The number of amides is 2. The standard InChI is InChI=1S/C22H23FN2O4/c1-14(2)29-18-9-7-15(8-10-18)19-20(24-17-6-4-5-16(23)13-17)22(27)25(21(19)26)11-12-28-3/h4-10,13-14,24H,11-12H2,1-3H3. The van der Waals surface area contributed by atoms with Gasteiger partial charge in [-0.3, -0.25) is 14.5 Å². The maximum atomic E-state index is 13.6. The molecule has 29 heavy (non-hydrogen) atoms. The van der Waals surface area contributed by atoms with Crippen LogP contribution in [-0.4, -0.2) is 43.1 Å². The molecule has 0 radical (unpaired) electrons. The van der Waals surface area contributed by atoms with Crippen LogP contribution in [0.1, 0.15) is 19.4 Å². The third kappa shape index (κ3) is 4.63. The average Bonchev–Trinajstić information content (AvgIpc) is 2.90. The lowest BCUT2D eigenvalue weighted by atomic mass is 10.0. The number of imide groups is 1. The van der Waals surface area contributed by atoms with Gasteiger partial charge in [0.15, 0.2) is 0 Å². The molecular formula is C22H23FN2O4. The van der Waals surface area contributed by atoms with Crippen LogP contribution in [-0.2, 0) is 14.3 Å². The van der Waals surface area contributed by atoms with Gasteiger partial charge in [-0.15, -0.1) is 0 Å². The number of benzene rings is 2. The van der Waals surface area contributed by atoms with Gasteiger partial charge in [0.1, 0.15) is 17.3 Å². The van der Waals surface area contributed by atoms with Gasteiger partial charge in [0, 0.05) is 12.8 Å². The second kappa shape index (κ2) is 8.87. The van der Waals surface area contributed by atoms with Crippen LogP contribution in [0.15, 0.2) is 54.2 Å². The molecule has 0 saturated carbocycles. The largest absolute Gasteiger partial charge is 0.491 e. The third-order valence-corrected chi connectivity index (χ3v) is 4.30. The Morgan fingerprint density at radius 1 is 1.07 bits per heavy atom. The summed E-state index contributed by atoms with van der Waals surface area (Å²) >= 11 is 0. The van der Waals surface area contributed by atoms with Crippen molar-refractivity contribution in [1.29, 1.82) is 0 Å². The summed E-state index contributed by atoms with van der Waals surface area (Å²) in [4.78, 5) is 27.0.